The van der Waals surface area contributed by atoms with Gasteiger partial charge in [0.2, 0.25) is 11.8 Å². The molecule has 3 rings (SSSR count). The number of carbonyl (C=O) groups excluding carboxylic acids is 2. The third-order valence-corrected chi connectivity index (χ3v) is 5.21. The quantitative estimate of drug-likeness (QED) is 0.736. The highest BCUT2D eigenvalue weighted by Gasteiger charge is 2.36. The minimum Gasteiger partial charge on any atom is -0.351 e. The van der Waals surface area contributed by atoms with Gasteiger partial charge in [0.15, 0.2) is 0 Å². The van der Waals surface area contributed by atoms with E-state index in [0.29, 0.717) is 12.5 Å². The van der Waals surface area contributed by atoms with Crippen molar-refractivity contribution in [2.45, 2.75) is 69.5 Å². The molecule has 1 aliphatic heterocycles. The number of carbonyl (C=O) groups is 2. The first kappa shape index (κ1) is 17.1. The Morgan fingerprint density at radius 1 is 1.29 bits per heavy atom. The number of H-pyrrole nitrogens is 1. The number of nitrogens with zero attached hydrogens (tertiary/aromatic N) is 2. The SMILES string of the molecule is N[C@@H](Cc1c[nH]cn1)C(=O)NC(=O)[C@@H]1CCCN1C1CCCCC1. The van der Waals surface area contributed by atoms with Gasteiger partial charge in [-0.05, 0) is 32.2 Å². The van der Waals surface area contributed by atoms with Crippen molar-refractivity contribution in [3.63, 3.8) is 0 Å². The molecule has 1 saturated carbocycles. The topological polar surface area (TPSA) is 104 Å². The second-order valence-corrected chi connectivity index (χ2v) is 6.91. The maximum Gasteiger partial charge on any atom is 0.243 e. The van der Waals surface area contributed by atoms with E-state index in [1.807, 2.05) is 0 Å². The number of amides is 2. The summed E-state index contributed by atoms with van der Waals surface area (Å²) in [6.07, 6.45) is 11.5. The van der Waals surface area contributed by atoms with Gasteiger partial charge < -0.3 is 10.7 Å². The standard InChI is InChI=1S/C17H27N5O2/c18-14(9-12-10-19-11-20-12)16(23)21-17(24)15-7-4-8-22(15)13-5-2-1-3-6-13/h10-11,13-15H,1-9,18H2,(H,19,20)(H,21,23,24)/t14-,15-/m0/s1. The highest BCUT2D eigenvalue weighted by molar-refractivity contribution is 6.00. The predicted octanol–water partition coefficient (Wildman–Crippen LogP) is 0.719. The van der Waals surface area contributed by atoms with E-state index in [4.69, 9.17) is 5.73 Å². The molecule has 7 nitrogen and oxygen atoms in total. The number of hydrogen-bond acceptors (Lipinski definition) is 5. The van der Waals surface area contributed by atoms with E-state index in [1.54, 1.807) is 12.5 Å². The summed E-state index contributed by atoms with van der Waals surface area (Å²) in [5, 5.41) is 2.52. The fraction of sp³-hybridized carbons (Fsp3) is 0.706. The van der Waals surface area contributed by atoms with Crippen molar-refractivity contribution in [3.05, 3.63) is 18.2 Å². The van der Waals surface area contributed by atoms with Gasteiger partial charge in [-0.2, -0.15) is 0 Å². The van der Waals surface area contributed by atoms with Crippen LogP contribution in [0.5, 0.6) is 0 Å². The van der Waals surface area contributed by atoms with Crippen molar-refractivity contribution in [2.24, 2.45) is 5.73 Å². The largest absolute Gasteiger partial charge is 0.351 e. The van der Waals surface area contributed by atoms with Crippen LogP contribution in [0.4, 0.5) is 0 Å². The van der Waals surface area contributed by atoms with Crippen molar-refractivity contribution in [1.29, 1.82) is 0 Å². The summed E-state index contributed by atoms with van der Waals surface area (Å²) in [5.74, 6) is -0.612. The second kappa shape index (κ2) is 7.90. The van der Waals surface area contributed by atoms with E-state index in [1.165, 1.54) is 19.3 Å². The number of aromatic amines is 1. The van der Waals surface area contributed by atoms with Crippen LogP contribution in [0.1, 0.15) is 50.6 Å². The van der Waals surface area contributed by atoms with E-state index in [-0.39, 0.29) is 11.9 Å². The Hall–Kier alpha value is -1.73. The Balaban J connectivity index is 1.53. The Morgan fingerprint density at radius 3 is 2.79 bits per heavy atom. The molecule has 7 heteroatoms. The lowest BCUT2D eigenvalue weighted by Crippen LogP contribution is -2.53. The number of imidazole rings is 1. The first-order valence-corrected chi connectivity index (χ1v) is 8.99. The maximum absolute atomic E-state index is 12.6. The van der Waals surface area contributed by atoms with Gasteiger partial charge in [0.1, 0.15) is 0 Å². The number of nitrogens with one attached hydrogen (secondary N) is 2. The van der Waals surface area contributed by atoms with Crippen molar-refractivity contribution in [2.75, 3.05) is 6.54 Å². The molecule has 0 spiro atoms. The van der Waals surface area contributed by atoms with Crippen LogP contribution in [-0.2, 0) is 16.0 Å². The van der Waals surface area contributed by atoms with E-state index in [0.717, 1.165) is 37.9 Å². The zero-order valence-corrected chi connectivity index (χ0v) is 14.0. The third kappa shape index (κ3) is 4.02. The zero-order chi connectivity index (χ0) is 16.9. The number of rotatable bonds is 5. The molecule has 2 atom stereocenters. The van der Waals surface area contributed by atoms with E-state index >= 15 is 0 Å². The molecule has 1 saturated heterocycles. The molecule has 1 aromatic heterocycles. The van der Waals surface area contributed by atoms with Gasteiger partial charge in [0.05, 0.1) is 24.1 Å². The summed E-state index contributed by atoms with van der Waals surface area (Å²) in [6, 6.07) is -0.457. The van der Waals surface area contributed by atoms with Gasteiger partial charge in [-0.1, -0.05) is 19.3 Å². The van der Waals surface area contributed by atoms with Crippen LogP contribution in [0.15, 0.2) is 12.5 Å². The summed E-state index contributed by atoms with van der Waals surface area (Å²) in [4.78, 5) is 34.0. The molecule has 0 bridgehead atoms. The lowest BCUT2D eigenvalue weighted by atomic mass is 9.93. The normalized spacial score (nSPS) is 24.0. The zero-order valence-electron chi connectivity index (χ0n) is 14.0. The fourth-order valence-corrected chi connectivity index (χ4v) is 3.94. The lowest BCUT2D eigenvalue weighted by molar-refractivity contribution is -0.134. The molecule has 0 unspecified atom stereocenters. The average Bonchev–Trinajstić information content (AvgIpc) is 3.27. The second-order valence-electron chi connectivity index (χ2n) is 6.91. The number of hydrogen-bond donors (Lipinski definition) is 3. The first-order chi connectivity index (χ1) is 11.6. The molecular formula is C17H27N5O2. The third-order valence-electron chi connectivity index (χ3n) is 5.21. The monoisotopic (exact) mass is 333 g/mol. The van der Waals surface area contributed by atoms with Crippen LogP contribution in [0.25, 0.3) is 0 Å². The highest BCUT2D eigenvalue weighted by Crippen LogP contribution is 2.29. The van der Waals surface area contributed by atoms with Crippen LogP contribution in [0, 0.1) is 0 Å². The number of likely N-dealkylation sites (tertiary alicyclic amines) is 1. The Labute approximate surface area is 142 Å². The van der Waals surface area contributed by atoms with Crippen LogP contribution in [-0.4, -0.2) is 51.4 Å². The van der Waals surface area contributed by atoms with Gasteiger partial charge >= 0.3 is 0 Å². The fourth-order valence-electron chi connectivity index (χ4n) is 3.94. The molecule has 2 aliphatic rings. The van der Waals surface area contributed by atoms with Gasteiger partial charge in [-0.25, -0.2) is 4.98 Å². The van der Waals surface area contributed by atoms with Crippen molar-refractivity contribution >= 4 is 11.8 Å². The van der Waals surface area contributed by atoms with E-state index in [9.17, 15) is 9.59 Å². The van der Waals surface area contributed by atoms with Crippen molar-refractivity contribution in [1.82, 2.24) is 20.2 Å². The number of aromatic nitrogens is 2. The van der Waals surface area contributed by atoms with Crippen molar-refractivity contribution < 1.29 is 9.59 Å². The summed E-state index contributed by atoms with van der Waals surface area (Å²) in [7, 11) is 0. The maximum atomic E-state index is 12.6. The number of imide groups is 1. The van der Waals surface area contributed by atoms with E-state index in [2.05, 4.69) is 20.2 Å². The molecule has 1 aromatic rings. The van der Waals surface area contributed by atoms with Crippen LogP contribution >= 0.6 is 0 Å². The van der Waals surface area contributed by atoms with Gasteiger partial charge in [-0.15, -0.1) is 0 Å². The molecule has 132 valence electrons. The molecule has 2 heterocycles. The summed E-state index contributed by atoms with van der Waals surface area (Å²) < 4.78 is 0. The minimum absolute atomic E-state index is 0.186. The predicted molar refractivity (Wildman–Crippen MR) is 90.0 cm³/mol. The lowest BCUT2D eigenvalue weighted by Gasteiger charge is -2.34. The average molecular weight is 333 g/mol. The molecule has 2 amide bonds. The smallest absolute Gasteiger partial charge is 0.243 e. The minimum atomic E-state index is -0.762. The summed E-state index contributed by atoms with van der Waals surface area (Å²) in [6.45, 7) is 0.955. The molecule has 24 heavy (non-hydrogen) atoms. The molecule has 4 N–H and O–H groups in total. The van der Waals surface area contributed by atoms with Gasteiger partial charge in [0.25, 0.3) is 0 Å². The first-order valence-electron chi connectivity index (χ1n) is 8.99. The van der Waals surface area contributed by atoms with Crippen molar-refractivity contribution in [3.8, 4) is 0 Å². The summed E-state index contributed by atoms with van der Waals surface area (Å²) in [5.41, 5.74) is 6.62. The highest BCUT2D eigenvalue weighted by atomic mass is 16.2. The molecule has 2 fully saturated rings. The van der Waals surface area contributed by atoms with Crippen LogP contribution in [0.2, 0.25) is 0 Å². The summed E-state index contributed by atoms with van der Waals surface area (Å²) >= 11 is 0. The van der Waals surface area contributed by atoms with Gasteiger partial charge in [-0.3, -0.25) is 19.8 Å². The Bertz CT molecular complexity index is 553. The van der Waals surface area contributed by atoms with Crippen LogP contribution in [0.3, 0.4) is 0 Å². The molecule has 1 aliphatic carbocycles. The molecule has 0 aromatic carbocycles. The number of nitrogens with two attached hydrogens (primary N) is 1. The van der Waals surface area contributed by atoms with E-state index < -0.39 is 11.9 Å². The Kier molecular flexibility index (Phi) is 5.63. The van der Waals surface area contributed by atoms with Gasteiger partial charge in [0, 0.05) is 18.7 Å². The molecular weight excluding hydrogens is 306 g/mol. The van der Waals surface area contributed by atoms with Crippen LogP contribution < -0.4 is 11.1 Å². The Morgan fingerprint density at radius 2 is 2.08 bits per heavy atom. The molecule has 0 radical (unpaired) electrons.